The van der Waals surface area contributed by atoms with Gasteiger partial charge >= 0.3 is 5.97 Å². The van der Waals surface area contributed by atoms with Crippen molar-refractivity contribution >= 4 is 17.7 Å². The molecule has 0 amide bonds. The lowest BCUT2D eigenvalue weighted by Gasteiger charge is -2.33. The predicted octanol–water partition coefficient (Wildman–Crippen LogP) is 4.13. The largest absolute Gasteiger partial charge is 0.440 e. The van der Waals surface area contributed by atoms with Gasteiger partial charge in [0.2, 0.25) is 0 Å². The van der Waals surface area contributed by atoms with Crippen LogP contribution in [0, 0.1) is 6.92 Å². The zero-order valence-corrected chi connectivity index (χ0v) is 11.7. The lowest BCUT2D eigenvalue weighted by molar-refractivity contribution is 0.0216. The summed E-state index contributed by atoms with van der Waals surface area (Å²) in [5.74, 6) is -0.252. The van der Waals surface area contributed by atoms with E-state index in [4.69, 9.17) is 4.74 Å². The number of cyclic esters (lactones) is 1. The van der Waals surface area contributed by atoms with E-state index in [0.29, 0.717) is 5.56 Å². The highest BCUT2D eigenvalue weighted by Crippen LogP contribution is 2.47. The molecular weight excluding hydrogens is 256 g/mol. The van der Waals surface area contributed by atoms with Crippen molar-refractivity contribution in [2.24, 2.45) is 0 Å². The molecule has 0 radical (unpaired) electrons. The van der Waals surface area contributed by atoms with Crippen LogP contribution in [0.25, 0.3) is 0 Å². The maximum absolute atomic E-state index is 12.1. The van der Waals surface area contributed by atoms with Gasteiger partial charge in [0.1, 0.15) is 0 Å². The molecule has 19 heavy (non-hydrogen) atoms. The minimum atomic E-state index is -0.654. The van der Waals surface area contributed by atoms with Gasteiger partial charge in [0.15, 0.2) is 4.93 Å². The van der Waals surface area contributed by atoms with Crippen LogP contribution in [0.1, 0.15) is 28.4 Å². The lowest BCUT2D eigenvalue weighted by Crippen LogP contribution is -2.29. The summed E-state index contributed by atoms with van der Waals surface area (Å²) in [7, 11) is 0. The minimum absolute atomic E-state index is 0.252. The molecule has 3 heteroatoms. The second kappa shape index (κ2) is 4.42. The topological polar surface area (TPSA) is 26.3 Å². The first kappa shape index (κ1) is 12.3. The first-order chi connectivity index (χ1) is 9.08. The molecule has 2 aromatic rings. The van der Waals surface area contributed by atoms with E-state index in [0.717, 1.165) is 10.5 Å². The fraction of sp³-hybridized carbons (Fsp3) is 0.188. The summed E-state index contributed by atoms with van der Waals surface area (Å²) in [5, 5.41) is 0. The monoisotopic (exact) mass is 270 g/mol. The quantitative estimate of drug-likeness (QED) is 0.729. The Morgan fingerprint density at radius 2 is 1.74 bits per heavy atom. The molecule has 0 aliphatic carbocycles. The number of thioether (sulfide) groups is 1. The molecule has 1 aliphatic rings. The summed E-state index contributed by atoms with van der Waals surface area (Å²) in [5.41, 5.74) is 2.85. The zero-order valence-electron chi connectivity index (χ0n) is 10.8. The van der Waals surface area contributed by atoms with Crippen LogP contribution in [-0.2, 0) is 9.67 Å². The lowest BCUT2D eigenvalue weighted by atomic mass is 10.1. The van der Waals surface area contributed by atoms with Crippen molar-refractivity contribution in [2.75, 3.05) is 0 Å². The van der Waals surface area contributed by atoms with Crippen molar-refractivity contribution in [1.29, 1.82) is 0 Å². The van der Waals surface area contributed by atoms with E-state index in [1.165, 1.54) is 5.56 Å². The van der Waals surface area contributed by atoms with Crippen LogP contribution < -0.4 is 0 Å². The second-order valence-electron chi connectivity index (χ2n) is 4.80. The van der Waals surface area contributed by atoms with Gasteiger partial charge in [0.05, 0.1) is 5.56 Å². The minimum Gasteiger partial charge on any atom is -0.440 e. The first-order valence-corrected chi connectivity index (χ1v) is 6.99. The van der Waals surface area contributed by atoms with Crippen molar-refractivity contribution in [3.8, 4) is 0 Å². The molecule has 0 saturated heterocycles. The first-order valence-electron chi connectivity index (χ1n) is 6.17. The molecule has 0 N–H and O–H groups in total. The number of benzene rings is 2. The second-order valence-corrected chi connectivity index (χ2v) is 6.22. The van der Waals surface area contributed by atoms with Crippen LogP contribution in [-0.4, -0.2) is 5.97 Å². The van der Waals surface area contributed by atoms with Gasteiger partial charge in [-0.2, -0.15) is 0 Å². The Labute approximate surface area is 116 Å². The highest BCUT2D eigenvalue weighted by molar-refractivity contribution is 8.00. The Kier molecular flexibility index (Phi) is 2.86. The summed E-state index contributed by atoms with van der Waals surface area (Å²) in [6, 6.07) is 15.7. The fourth-order valence-corrected chi connectivity index (χ4v) is 3.36. The van der Waals surface area contributed by atoms with Gasteiger partial charge in [-0.25, -0.2) is 4.79 Å². The highest BCUT2D eigenvalue weighted by atomic mass is 32.2. The number of rotatable bonds is 1. The van der Waals surface area contributed by atoms with Gasteiger partial charge in [-0.15, -0.1) is 0 Å². The summed E-state index contributed by atoms with van der Waals surface area (Å²) in [6.45, 7) is 3.98. The third kappa shape index (κ3) is 2.15. The normalized spacial score (nSPS) is 21.7. The van der Waals surface area contributed by atoms with Crippen molar-refractivity contribution in [2.45, 2.75) is 23.7 Å². The van der Waals surface area contributed by atoms with Gasteiger partial charge in [-0.05, 0) is 26.0 Å². The molecule has 3 rings (SSSR count). The number of esters is 1. The molecule has 2 nitrogen and oxygen atoms in total. The van der Waals surface area contributed by atoms with E-state index < -0.39 is 4.93 Å². The van der Waals surface area contributed by atoms with E-state index >= 15 is 0 Å². The van der Waals surface area contributed by atoms with Crippen LogP contribution in [0.3, 0.4) is 0 Å². The maximum Gasteiger partial charge on any atom is 0.340 e. The summed E-state index contributed by atoms with van der Waals surface area (Å²) in [4.78, 5) is 12.4. The van der Waals surface area contributed by atoms with Crippen LogP contribution in [0.2, 0.25) is 0 Å². The van der Waals surface area contributed by atoms with Crippen molar-refractivity contribution in [3.05, 3.63) is 65.2 Å². The fourth-order valence-electron chi connectivity index (χ4n) is 2.16. The number of hydrogen-bond acceptors (Lipinski definition) is 3. The smallest absolute Gasteiger partial charge is 0.340 e. The van der Waals surface area contributed by atoms with Crippen LogP contribution >= 0.6 is 11.8 Å². The van der Waals surface area contributed by atoms with Gasteiger partial charge in [-0.1, -0.05) is 53.7 Å². The standard InChI is InChI=1S/C16H14O2S/c1-11-7-9-12(10-8-11)16(2)18-15(17)13-5-3-4-6-14(13)19-16/h3-10H,1-2H3. The summed E-state index contributed by atoms with van der Waals surface area (Å²) < 4.78 is 5.65. The van der Waals surface area contributed by atoms with Crippen molar-refractivity contribution in [1.82, 2.24) is 0 Å². The average Bonchev–Trinajstić information content (AvgIpc) is 2.39. The average molecular weight is 270 g/mol. The summed E-state index contributed by atoms with van der Waals surface area (Å²) >= 11 is 1.58. The molecule has 1 unspecified atom stereocenters. The molecule has 0 spiro atoms. The Balaban J connectivity index is 2.04. The van der Waals surface area contributed by atoms with Crippen molar-refractivity contribution in [3.63, 3.8) is 0 Å². The van der Waals surface area contributed by atoms with Crippen LogP contribution in [0.5, 0.6) is 0 Å². The molecule has 96 valence electrons. The van der Waals surface area contributed by atoms with E-state index in [1.54, 1.807) is 17.8 Å². The van der Waals surface area contributed by atoms with Gasteiger partial charge in [0.25, 0.3) is 0 Å². The Morgan fingerprint density at radius 3 is 2.47 bits per heavy atom. The molecule has 1 atom stereocenters. The van der Waals surface area contributed by atoms with Crippen LogP contribution in [0.15, 0.2) is 53.4 Å². The third-order valence-corrected chi connectivity index (χ3v) is 4.56. The molecule has 1 aliphatic heterocycles. The van der Waals surface area contributed by atoms with E-state index in [1.807, 2.05) is 56.3 Å². The zero-order chi connectivity index (χ0) is 13.5. The predicted molar refractivity (Wildman–Crippen MR) is 76.2 cm³/mol. The number of carbonyl (C=O) groups excluding carboxylic acids is 1. The molecular formula is C16H14O2S. The van der Waals surface area contributed by atoms with Gasteiger partial charge in [-0.3, -0.25) is 0 Å². The number of ether oxygens (including phenoxy) is 1. The maximum atomic E-state index is 12.1. The number of hydrogen-bond donors (Lipinski definition) is 0. The molecule has 0 bridgehead atoms. The SMILES string of the molecule is Cc1ccc(C2(C)OC(=O)c3ccccc3S2)cc1. The van der Waals surface area contributed by atoms with Crippen molar-refractivity contribution < 1.29 is 9.53 Å². The summed E-state index contributed by atoms with van der Waals surface area (Å²) in [6.07, 6.45) is 0. The molecule has 0 fully saturated rings. The molecule has 0 saturated carbocycles. The molecule has 2 aromatic carbocycles. The molecule has 1 heterocycles. The Bertz CT molecular complexity index is 633. The van der Waals surface area contributed by atoms with E-state index in [9.17, 15) is 4.79 Å². The third-order valence-electron chi connectivity index (χ3n) is 3.28. The van der Waals surface area contributed by atoms with Gasteiger partial charge in [0, 0.05) is 10.5 Å². The van der Waals surface area contributed by atoms with E-state index in [2.05, 4.69) is 0 Å². The number of aryl methyl sites for hydroxylation is 1. The Morgan fingerprint density at radius 1 is 1.05 bits per heavy atom. The van der Waals surface area contributed by atoms with E-state index in [-0.39, 0.29) is 5.97 Å². The highest BCUT2D eigenvalue weighted by Gasteiger charge is 2.38. The Hall–Kier alpha value is -1.74. The van der Waals surface area contributed by atoms with Gasteiger partial charge < -0.3 is 4.74 Å². The number of fused-ring (bicyclic) bond motifs is 1. The van der Waals surface area contributed by atoms with Crippen LogP contribution in [0.4, 0.5) is 0 Å². The molecule has 0 aromatic heterocycles. The number of carbonyl (C=O) groups is 1.